The summed E-state index contributed by atoms with van der Waals surface area (Å²) in [5.41, 5.74) is 4.20. The van der Waals surface area contributed by atoms with Crippen molar-refractivity contribution in [1.82, 2.24) is 25.1 Å². The number of aromatic nitrogens is 4. The number of amides is 1. The summed E-state index contributed by atoms with van der Waals surface area (Å²) in [7, 11) is 0. The number of hydrogen-bond donors (Lipinski definition) is 2. The van der Waals surface area contributed by atoms with E-state index in [1.165, 1.54) is 18.5 Å². The Balaban J connectivity index is 1.42. The Morgan fingerprint density at radius 2 is 1.95 bits per heavy atom. The van der Waals surface area contributed by atoms with E-state index >= 15 is 0 Å². The van der Waals surface area contributed by atoms with Crippen molar-refractivity contribution in [2.75, 3.05) is 24.5 Å². The Morgan fingerprint density at radius 1 is 1.10 bits per heavy atom. The van der Waals surface area contributed by atoms with Crippen LogP contribution in [0.1, 0.15) is 30.6 Å². The highest BCUT2D eigenvalue weighted by Crippen LogP contribution is 2.39. The number of hydrogen-bond acceptors (Lipinski definition) is 6. The van der Waals surface area contributed by atoms with E-state index < -0.39 is 5.82 Å². The second-order valence-corrected chi connectivity index (χ2v) is 9.84. The molecule has 2 N–H and O–H groups in total. The van der Waals surface area contributed by atoms with Crippen LogP contribution in [0, 0.1) is 5.82 Å². The van der Waals surface area contributed by atoms with Crippen LogP contribution in [0.25, 0.3) is 44.0 Å². The third-order valence-electron chi connectivity index (χ3n) is 7.36. The average Bonchev–Trinajstić information content (AvgIpc) is 3.63. The number of aryl methyl sites for hydroxylation is 1. The maximum Gasteiger partial charge on any atom is 0.260 e. The summed E-state index contributed by atoms with van der Waals surface area (Å²) < 4.78 is 21.9. The Kier molecular flexibility index (Phi) is 6.96. The number of anilines is 1. The summed E-state index contributed by atoms with van der Waals surface area (Å²) in [5, 5.41) is 8.75. The van der Waals surface area contributed by atoms with Crippen molar-refractivity contribution >= 4 is 44.4 Å². The van der Waals surface area contributed by atoms with Gasteiger partial charge in [-0.2, -0.15) is 5.10 Å². The molecule has 0 aliphatic heterocycles. The molecule has 0 radical (unpaired) electrons. The zero-order chi connectivity index (χ0) is 28.5. The Bertz CT molecular complexity index is 1940. The minimum atomic E-state index is -0.436. The zero-order valence-electron chi connectivity index (χ0n) is 22.8. The van der Waals surface area contributed by atoms with Gasteiger partial charge in [0.15, 0.2) is 0 Å². The minimum Gasteiger partial charge on any atom is -0.455 e. The quantitative estimate of drug-likeness (QED) is 0.230. The van der Waals surface area contributed by atoms with E-state index in [0.717, 1.165) is 36.3 Å². The topological polar surface area (TPSA) is 109 Å². The predicted octanol–water partition coefficient (Wildman–Crippen LogP) is 5.49. The third kappa shape index (κ3) is 4.93. The van der Waals surface area contributed by atoms with Gasteiger partial charge in [-0.25, -0.2) is 9.37 Å². The first kappa shape index (κ1) is 26.2. The molecule has 0 aliphatic rings. The van der Waals surface area contributed by atoms with E-state index in [4.69, 9.17) is 4.42 Å². The SMILES string of the molecule is CCN(CC)c1cc2oc3c4ccc(F)cc4[nH]c(=O)c3c2cc1-c1cccc(C(=O)NCCCn2cncn2)c1. The molecule has 0 atom stereocenters. The second kappa shape index (κ2) is 10.9. The first-order valence-corrected chi connectivity index (χ1v) is 13.6. The lowest BCUT2D eigenvalue weighted by molar-refractivity contribution is 0.0952. The molecule has 6 rings (SSSR count). The number of furan rings is 1. The van der Waals surface area contributed by atoms with Crippen LogP contribution in [0.15, 0.2) is 76.5 Å². The summed E-state index contributed by atoms with van der Waals surface area (Å²) in [5.74, 6) is -0.603. The highest BCUT2D eigenvalue weighted by Gasteiger charge is 2.20. The van der Waals surface area contributed by atoms with Gasteiger partial charge in [0.25, 0.3) is 11.5 Å². The highest BCUT2D eigenvalue weighted by molar-refractivity contribution is 6.15. The smallest absolute Gasteiger partial charge is 0.260 e. The maximum atomic E-state index is 13.9. The Hall–Kier alpha value is -4.99. The largest absolute Gasteiger partial charge is 0.455 e. The van der Waals surface area contributed by atoms with Gasteiger partial charge in [-0.05, 0) is 62.2 Å². The molecule has 0 spiro atoms. The number of nitrogens with one attached hydrogen (secondary N) is 2. The van der Waals surface area contributed by atoms with Crippen molar-refractivity contribution in [3.05, 3.63) is 89.0 Å². The van der Waals surface area contributed by atoms with Crippen LogP contribution in [-0.2, 0) is 6.54 Å². The van der Waals surface area contributed by atoms with Crippen LogP contribution in [0.3, 0.4) is 0 Å². The fourth-order valence-corrected chi connectivity index (χ4v) is 5.33. The van der Waals surface area contributed by atoms with Gasteiger partial charge in [0.1, 0.15) is 29.6 Å². The van der Waals surface area contributed by atoms with Crippen LogP contribution in [0.4, 0.5) is 10.1 Å². The number of benzene rings is 3. The Morgan fingerprint density at radius 3 is 2.73 bits per heavy atom. The molecule has 0 aliphatic carbocycles. The predicted molar refractivity (Wildman–Crippen MR) is 158 cm³/mol. The molecule has 208 valence electrons. The van der Waals surface area contributed by atoms with Crippen LogP contribution in [0.5, 0.6) is 0 Å². The minimum absolute atomic E-state index is 0.167. The van der Waals surface area contributed by atoms with Crippen molar-refractivity contribution in [3.63, 3.8) is 0 Å². The van der Waals surface area contributed by atoms with Gasteiger partial charge in [-0.3, -0.25) is 14.3 Å². The highest BCUT2D eigenvalue weighted by atomic mass is 19.1. The summed E-state index contributed by atoms with van der Waals surface area (Å²) in [6.07, 6.45) is 3.86. The van der Waals surface area contributed by atoms with Crippen molar-refractivity contribution < 1.29 is 13.6 Å². The van der Waals surface area contributed by atoms with Crippen LogP contribution < -0.4 is 15.8 Å². The van der Waals surface area contributed by atoms with Gasteiger partial charge >= 0.3 is 0 Å². The lowest BCUT2D eigenvalue weighted by Crippen LogP contribution is -2.25. The average molecular weight is 553 g/mol. The zero-order valence-corrected chi connectivity index (χ0v) is 22.8. The number of rotatable bonds is 9. The summed E-state index contributed by atoms with van der Waals surface area (Å²) >= 11 is 0. The van der Waals surface area contributed by atoms with E-state index in [2.05, 4.69) is 39.1 Å². The molecule has 6 aromatic rings. The monoisotopic (exact) mass is 552 g/mol. The fraction of sp³-hybridized carbons (Fsp3) is 0.226. The first-order chi connectivity index (χ1) is 20.0. The summed E-state index contributed by atoms with van der Waals surface area (Å²) in [6, 6.07) is 15.6. The second-order valence-electron chi connectivity index (χ2n) is 9.84. The lowest BCUT2D eigenvalue weighted by Gasteiger charge is -2.24. The lowest BCUT2D eigenvalue weighted by atomic mass is 9.98. The van der Waals surface area contributed by atoms with Gasteiger partial charge in [-0.15, -0.1) is 0 Å². The van der Waals surface area contributed by atoms with Gasteiger partial charge in [0.2, 0.25) is 0 Å². The first-order valence-electron chi connectivity index (χ1n) is 13.6. The van der Waals surface area contributed by atoms with Gasteiger partial charge in [-0.1, -0.05) is 12.1 Å². The molecule has 3 aromatic carbocycles. The van der Waals surface area contributed by atoms with Gasteiger partial charge < -0.3 is 19.6 Å². The van der Waals surface area contributed by atoms with Crippen molar-refractivity contribution in [1.29, 1.82) is 0 Å². The van der Waals surface area contributed by atoms with Crippen LogP contribution in [0.2, 0.25) is 0 Å². The third-order valence-corrected chi connectivity index (χ3v) is 7.36. The van der Waals surface area contributed by atoms with E-state index in [-0.39, 0.29) is 11.5 Å². The number of aromatic amines is 1. The fourth-order valence-electron chi connectivity index (χ4n) is 5.33. The molecule has 9 nitrogen and oxygen atoms in total. The number of pyridine rings is 1. The molecule has 3 aromatic heterocycles. The molecule has 0 bridgehead atoms. The molecule has 0 fully saturated rings. The van der Waals surface area contributed by atoms with Gasteiger partial charge in [0.05, 0.1) is 10.9 Å². The van der Waals surface area contributed by atoms with E-state index in [0.29, 0.717) is 51.5 Å². The molecule has 0 saturated heterocycles. The molecule has 1 amide bonds. The van der Waals surface area contributed by atoms with Crippen LogP contribution >= 0.6 is 0 Å². The van der Waals surface area contributed by atoms with Crippen molar-refractivity contribution in [2.24, 2.45) is 0 Å². The van der Waals surface area contributed by atoms with E-state index in [9.17, 15) is 14.0 Å². The van der Waals surface area contributed by atoms with E-state index in [1.807, 2.05) is 30.3 Å². The van der Waals surface area contributed by atoms with Gasteiger partial charge in [0, 0.05) is 59.8 Å². The molecule has 0 unspecified atom stereocenters. The number of nitrogens with zero attached hydrogens (tertiary/aromatic N) is 4. The number of H-pyrrole nitrogens is 1. The van der Waals surface area contributed by atoms with E-state index in [1.54, 1.807) is 23.1 Å². The molecule has 3 heterocycles. The summed E-state index contributed by atoms with van der Waals surface area (Å²) in [4.78, 5) is 35.1. The van der Waals surface area contributed by atoms with Crippen molar-refractivity contribution in [2.45, 2.75) is 26.8 Å². The molecular weight excluding hydrogens is 523 g/mol. The molecular formula is C31H29FN6O3. The maximum absolute atomic E-state index is 13.9. The molecule has 10 heteroatoms. The number of fused-ring (bicyclic) bond motifs is 5. The normalized spacial score (nSPS) is 11.5. The molecule has 0 saturated carbocycles. The number of carbonyl (C=O) groups is 1. The number of halogens is 1. The number of carbonyl (C=O) groups excluding carboxylic acids is 1. The summed E-state index contributed by atoms with van der Waals surface area (Å²) in [6.45, 7) is 6.82. The molecule has 41 heavy (non-hydrogen) atoms. The Labute approximate surface area is 234 Å². The van der Waals surface area contributed by atoms with Crippen molar-refractivity contribution in [3.8, 4) is 11.1 Å². The van der Waals surface area contributed by atoms with Crippen LogP contribution in [-0.4, -0.2) is 45.3 Å². The standard InChI is InChI=1S/C31H29FN6O3/c1-3-37(4-2)26-16-27-24(28-29(41-27)22-10-9-21(32)14-25(22)36-31(28)40)15-23(26)19-7-5-8-20(13-19)30(39)34-11-6-12-38-18-33-17-35-38/h5,7-10,13-18H,3-4,6,11-12H2,1-2H3,(H,34,39)(H,36,40).